The summed E-state index contributed by atoms with van der Waals surface area (Å²) in [5.41, 5.74) is 12.1. The maximum absolute atomic E-state index is 2.42. The Balaban J connectivity index is 1.15. The van der Waals surface area contributed by atoms with Crippen LogP contribution in [0, 0.1) is 0 Å². The first-order valence-electron chi connectivity index (χ1n) is 17.4. The Hall–Kier alpha value is -6.42. The summed E-state index contributed by atoms with van der Waals surface area (Å²) in [6.07, 6.45) is 0. The van der Waals surface area contributed by atoms with E-state index in [1.54, 1.807) is 0 Å². The lowest BCUT2D eigenvalue weighted by Crippen LogP contribution is -1.93. The van der Waals surface area contributed by atoms with Crippen LogP contribution in [0.15, 0.2) is 182 Å². The van der Waals surface area contributed by atoms with Crippen LogP contribution in [-0.4, -0.2) is 9.13 Å². The van der Waals surface area contributed by atoms with Crippen LogP contribution in [0.2, 0.25) is 0 Å². The molecule has 0 amide bonds. The molecular formula is C48H30N2S. The van der Waals surface area contributed by atoms with Gasteiger partial charge in [0.25, 0.3) is 0 Å². The monoisotopic (exact) mass is 666 g/mol. The molecule has 0 saturated heterocycles. The lowest BCUT2D eigenvalue weighted by atomic mass is 9.97. The van der Waals surface area contributed by atoms with Gasteiger partial charge < -0.3 is 9.13 Å². The fourth-order valence-corrected chi connectivity index (χ4v) is 9.38. The molecule has 0 saturated carbocycles. The summed E-state index contributed by atoms with van der Waals surface area (Å²) in [6, 6.07) is 66.7. The Labute approximate surface area is 298 Å². The molecule has 0 radical (unpaired) electrons. The van der Waals surface area contributed by atoms with Crippen molar-refractivity contribution < 1.29 is 0 Å². The van der Waals surface area contributed by atoms with Crippen molar-refractivity contribution >= 4 is 75.1 Å². The third-order valence-corrected chi connectivity index (χ3v) is 11.6. The van der Waals surface area contributed by atoms with E-state index in [9.17, 15) is 0 Å². The summed E-state index contributed by atoms with van der Waals surface area (Å²) in [4.78, 5) is 0. The summed E-state index contributed by atoms with van der Waals surface area (Å²) in [5, 5.41) is 7.70. The van der Waals surface area contributed by atoms with Crippen LogP contribution in [0.25, 0.3) is 97.4 Å². The molecule has 0 N–H and O–H groups in total. The first-order valence-corrected chi connectivity index (χ1v) is 18.3. The van der Waals surface area contributed by atoms with Gasteiger partial charge in [0.15, 0.2) is 0 Å². The highest BCUT2D eigenvalue weighted by Gasteiger charge is 2.18. The highest BCUT2D eigenvalue weighted by atomic mass is 32.1. The predicted octanol–water partition coefficient (Wildman–Crippen LogP) is 13.6. The Morgan fingerprint density at radius 1 is 0.314 bits per heavy atom. The Morgan fingerprint density at radius 3 is 1.43 bits per heavy atom. The molecule has 0 bridgehead atoms. The third kappa shape index (κ3) is 4.29. The number of aromatic nitrogens is 2. The lowest BCUT2D eigenvalue weighted by molar-refractivity contribution is 1.18. The van der Waals surface area contributed by atoms with Crippen molar-refractivity contribution in [1.82, 2.24) is 9.13 Å². The van der Waals surface area contributed by atoms with E-state index < -0.39 is 0 Å². The fourth-order valence-electron chi connectivity index (χ4n) is 8.25. The number of fused-ring (bicyclic) bond motifs is 9. The minimum Gasteiger partial charge on any atom is -0.309 e. The maximum Gasteiger partial charge on any atom is 0.0541 e. The number of thiophene rings is 1. The molecule has 3 heterocycles. The second kappa shape index (κ2) is 11.0. The van der Waals surface area contributed by atoms with E-state index in [1.165, 1.54) is 97.4 Å². The highest BCUT2D eigenvalue weighted by molar-refractivity contribution is 7.25. The number of hydrogen-bond acceptors (Lipinski definition) is 1. The van der Waals surface area contributed by atoms with Gasteiger partial charge >= 0.3 is 0 Å². The number of rotatable bonds is 4. The number of para-hydroxylation sites is 3. The summed E-state index contributed by atoms with van der Waals surface area (Å²) < 4.78 is 7.45. The van der Waals surface area contributed by atoms with Gasteiger partial charge in [0.1, 0.15) is 0 Å². The molecule has 2 nitrogen and oxygen atoms in total. The van der Waals surface area contributed by atoms with E-state index in [1.807, 2.05) is 11.3 Å². The SMILES string of the molecule is c1ccc(-n2c3ccccc3c3cc(-c4ccc5c(c4)c4cc(-c6cccc7sc8ccccc8c67)ccc4n5-c4ccccc4)ccc32)cc1. The van der Waals surface area contributed by atoms with Crippen molar-refractivity contribution in [3.05, 3.63) is 182 Å². The van der Waals surface area contributed by atoms with Crippen molar-refractivity contribution in [1.29, 1.82) is 0 Å². The second-order valence-corrected chi connectivity index (χ2v) is 14.4. The van der Waals surface area contributed by atoms with E-state index in [0.29, 0.717) is 0 Å². The van der Waals surface area contributed by atoms with Gasteiger partial charge in [-0.05, 0) is 101 Å². The van der Waals surface area contributed by atoms with Gasteiger partial charge in [0.05, 0.1) is 22.1 Å². The largest absolute Gasteiger partial charge is 0.309 e. The average Bonchev–Trinajstić information content (AvgIpc) is 3.85. The molecule has 51 heavy (non-hydrogen) atoms. The van der Waals surface area contributed by atoms with Crippen LogP contribution in [-0.2, 0) is 0 Å². The third-order valence-electron chi connectivity index (χ3n) is 10.5. The minimum atomic E-state index is 1.17. The quantitative estimate of drug-likeness (QED) is 0.177. The molecule has 0 spiro atoms. The zero-order valence-electron chi connectivity index (χ0n) is 27.6. The van der Waals surface area contributed by atoms with Crippen LogP contribution in [0.5, 0.6) is 0 Å². The lowest BCUT2D eigenvalue weighted by Gasteiger charge is -2.09. The van der Waals surface area contributed by atoms with Crippen molar-refractivity contribution in [2.75, 3.05) is 0 Å². The van der Waals surface area contributed by atoms with Gasteiger partial charge in [-0.15, -0.1) is 11.3 Å². The van der Waals surface area contributed by atoms with Crippen molar-refractivity contribution in [3.8, 4) is 33.6 Å². The van der Waals surface area contributed by atoms with Crippen LogP contribution in [0.3, 0.4) is 0 Å². The molecule has 0 fully saturated rings. The molecule has 3 aromatic heterocycles. The van der Waals surface area contributed by atoms with Gasteiger partial charge in [-0.2, -0.15) is 0 Å². The normalized spacial score (nSPS) is 11.9. The standard InChI is InChI=1S/C48H30N2S/c1-3-12-34(13-4-1)49-42-19-9-7-16-37(42)39-28-31(22-25-43(39)49)32-23-26-44-40(29-32)41-30-33(24-27-45(41)50(44)35-14-5-2-6-15-35)36-18-11-21-47-48(36)38-17-8-10-20-46(38)51-47/h1-30H. The molecule has 3 heteroatoms. The molecule has 8 aromatic carbocycles. The summed E-state index contributed by atoms with van der Waals surface area (Å²) in [7, 11) is 0. The topological polar surface area (TPSA) is 9.86 Å². The van der Waals surface area contributed by atoms with Crippen LogP contribution >= 0.6 is 11.3 Å². The van der Waals surface area contributed by atoms with E-state index in [-0.39, 0.29) is 0 Å². The van der Waals surface area contributed by atoms with Crippen molar-refractivity contribution in [2.24, 2.45) is 0 Å². The summed E-state index contributed by atoms with van der Waals surface area (Å²) >= 11 is 1.87. The van der Waals surface area contributed by atoms with Crippen molar-refractivity contribution in [3.63, 3.8) is 0 Å². The highest BCUT2D eigenvalue weighted by Crippen LogP contribution is 2.43. The number of hydrogen-bond donors (Lipinski definition) is 0. The van der Waals surface area contributed by atoms with E-state index in [4.69, 9.17) is 0 Å². The fraction of sp³-hybridized carbons (Fsp3) is 0. The van der Waals surface area contributed by atoms with Crippen LogP contribution in [0.1, 0.15) is 0 Å². The van der Waals surface area contributed by atoms with Crippen LogP contribution < -0.4 is 0 Å². The van der Waals surface area contributed by atoms with Gasteiger partial charge in [0.2, 0.25) is 0 Å². The molecule has 0 aliphatic carbocycles. The van der Waals surface area contributed by atoms with E-state index in [0.717, 1.165) is 0 Å². The second-order valence-electron chi connectivity index (χ2n) is 13.3. The van der Waals surface area contributed by atoms with E-state index in [2.05, 4.69) is 191 Å². The Bertz CT molecular complexity index is 3130. The number of benzene rings is 8. The molecule has 11 aromatic rings. The zero-order valence-corrected chi connectivity index (χ0v) is 28.4. The molecule has 238 valence electrons. The average molecular weight is 667 g/mol. The Kier molecular flexibility index (Phi) is 6.16. The molecule has 0 atom stereocenters. The van der Waals surface area contributed by atoms with Gasteiger partial charge in [-0.1, -0.05) is 103 Å². The first kappa shape index (κ1) is 28.4. The van der Waals surface area contributed by atoms with Crippen LogP contribution in [0.4, 0.5) is 0 Å². The van der Waals surface area contributed by atoms with Gasteiger partial charge in [0, 0.05) is 53.1 Å². The van der Waals surface area contributed by atoms with E-state index >= 15 is 0 Å². The zero-order chi connectivity index (χ0) is 33.5. The molecule has 0 aliphatic rings. The summed E-state index contributed by atoms with van der Waals surface area (Å²) in [6.45, 7) is 0. The first-order chi connectivity index (χ1) is 25.3. The van der Waals surface area contributed by atoms with Gasteiger partial charge in [-0.25, -0.2) is 0 Å². The van der Waals surface area contributed by atoms with Crippen molar-refractivity contribution in [2.45, 2.75) is 0 Å². The molecule has 11 rings (SSSR count). The molecule has 0 aliphatic heterocycles. The smallest absolute Gasteiger partial charge is 0.0541 e. The molecular weight excluding hydrogens is 637 g/mol. The maximum atomic E-state index is 2.42. The van der Waals surface area contributed by atoms with Gasteiger partial charge in [-0.3, -0.25) is 0 Å². The predicted molar refractivity (Wildman–Crippen MR) is 219 cm³/mol. The minimum absolute atomic E-state index is 1.17. The summed E-state index contributed by atoms with van der Waals surface area (Å²) in [5.74, 6) is 0. The molecule has 0 unspecified atom stereocenters. The number of nitrogens with zero attached hydrogens (tertiary/aromatic N) is 2. The Morgan fingerprint density at radius 2 is 0.784 bits per heavy atom.